The molecule has 118 valence electrons. The molecule has 0 aromatic rings. The van der Waals surface area contributed by atoms with Crippen LogP contribution in [-0.2, 0) is 9.47 Å². The van der Waals surface area contributed by atoms with E-state index in [0.717, 1.165) is 19.4 Å². The summed E-state index contributed by atoms with van der Waals surface area (Å²) in [6.45, 7) is 7.79. The molecule has 1 aliphatic rings. The van der Waals surface area contributed by atoms with E-state index in [-0.39, 0.29) is 12.1 Å². The summed E-state index contributed by atoms with van der Waals surface area (Å²) in [6, 6.07) is 0.139. The van der Waals surface area contributed by atoms with Gasteiger partial charge in [0.25, 0.3) is 0 Å². The highest BCUT2D eigenvalue weighted by atomic mass is 16.6. The van der Waals surface area contributed by atoms with Crippen LogP contribution in [0.25, 0.3) is 0 Å². The van der Waals surface area contributed by atoms with Gasteiger partial charge in [-0.15, -0.1) is 0 Å². The molecular weight excluding hydrogens is 260 g/mol. The van der Waals surface area contributed by atoms with E-state index in [4.69, 9.17) is 9.47 Å². The first-order valence-corrected chi connectivity index (χ1v) is 7.21. The van der Waals surface area contributed by atoms with E-state index in [9.17, 15) is 9.90 Å². The Morgan fingerprint density at radius 2 is 2.20 bits per heavy atom. The van der Waals surface area contributed by atoms with Crippen LogP contribution in [0.5, 0.6) is 0 Å². The average molecular weight is 288 g/mol. The van der Waals surface area contributed by atoms with E-state index in [1.807, 2.05) is 20.8 Å². The van der Waals surface area contributed by atoms with Gasteiger partial charge in [-0.2, -0.15) is 0 Å². The lowest BCUT2D eigenvalue weighted by molar-refractivity contribution is 0.0221. The Morgan fingerprint density at radius 3 is 2.80 bits per heavy atom. The number of aliphatic hydroxyl groups excluding tert-OH is 1. The standard InChI is InChI=1S/C14H28N2O4/c1-14(2,3)20-13(18)16-7-5-6-11(16)8-15-9-12(17)10-19-4/h11-12,15,17H,5-10H2,1-4H3. The number of hydrogen-bond donors (Lipinski definition) is 2. The molecule has 1 amide bonds. The predicted molar refractivity (Wildman–Crippen MR) is 76.7 cm³/mol. The number of carbonyl (C=O) groups excluding carboxylic acids is 1. The highest BCUT2D eigenvalue weighted by molar-refractivity contribution is 5.69. The van der Waals surface area contributed by atoms with Gasteiger partial charge in [-0.05, 0) is 33.6 Å². The number of nitrogens with zero attached hydrogens (tertiary/aromatic N) is 1. The monoisotopic (exact) mass is 288 g/mol. The van der Waals surface area contributed by atoms with Crippen molar-refractivity contribution in [2.45, 2.75) is 51.4 Å². The fourth-order valence-corrected chi connectivity index (χ4v) is 2.28. The zero-order chi connectivity index (χ0) is 15.2. The second-order valence-corrected chi connectivity index (χ2v) is 6.24. The van der Waals surface area contributed by atoms with Crippen LogP contribution < -0.4 is 5.32 Å². The maximum absolute atomic E-state index is 12.1. The highest BCUT2D eigenvalue weighted by Gasteiger charge is 2.31. The Balaban J connectivity index is 2.35. The first-order chi connectivity index (χ1) is 9.33. The van der Waals surface area contributed by atoms with Crippen LogP contribution in [0.15, 0.2) is 0 Å². The van der Waals surface area contributed by atoms with Crippen molar-refractivity contribution in [3.63, 3.8) is 0 Å². The van der Waals surface area contributed by atoms with Gasteiger partial charge in [-0.25, -0.2) is 4.79 Å². The van der Waals surface area contributed by atoms with E-state index in [2.05, 4.69) is 5.32 Å². The molecule has 0 aromatic heterocycles. The Morgan fingerprint density at radius 1 is 1.50 bits per heavy atom. The summed E-state index contributed by atoms with van der Waals surface area (Å²) in [5.41, 5.74) is -0.466. The van der Waals surface area contributed by atoms with Crippen LogP contribution in [0.4, 0.5) is 4.79 Å². The molecular formula is C14H28N2O4. The van der Waals surface area contributed by atoms with Crippen LogP contribution in [0.3, 0.4) is 0 Å². The van der Waals surface area contributed by atoms with Crippen molar-refractivity contribution in [2.24, 2.45) is 0 Å². The number of likely N-dealkylation sites (tertiary alicyclic amines) is 1. The van der Waals surface area contributed by atoms with E-state index in [1.165, 1.54) is 0 Å². The first kappa shape index (κ1) is 17.2. The van der Waals surface area contributed by atoms with E-state index in [1.54, 1.807) is 12.0 Å². The molecule has 0 radical (unpaired) electrons. The number of amides is 1. The number of hydrogen-bond acceptors (Lipinski definition) is 5. The van der Waals surface area contributed by atoms with Gasteiger partial charge in [-0.3, -0.25) is 0 Å². The Kier molecular flexibility index (Phi) is 6.71. The molecule has 2 N–H and O–H groups in total. The van der Waals surface area contributed by atoms with Crippen molar-refractivity contribution in [3.05, 3.63) is 0 Å². The summed E-state index contributed by atoms with van der Waals surface area (Å²) in [5.74, 6) is 0. The molecule has 6 heteroatoms. The molecule has 1 aliphatic heterocycles. The third-order valence-corrected chi connectivity index (χ3v) is 3.12. The predicted octanol–water partition coefficient (Wildman–Crippen LogP) is 0.983. The van der Waals surface area contributed by atoms with Gasteiger partial charge >= 0.3 is 6.09 Å². The first-order valence-electron chi connectivity index (χ1n) is 7.21. The quantitative estimate of drug-likeness (QED) is 0.762. The van der Waals surface area contributed by atoms with Crippen molar-refractivity contribution in [3.8, 4) is 0 Å². The normalized spacial score (nSPS) is 21.1. The maximum Gasteiger partial charge on any atom is 0.410 e. The van der Waals surface area contributed by atoms with Gasteiger partial charge in [-0.1, -0.05) is 0 Å². The minimum Gasteiger partial charge on any atom is -0.444 e. The van der Waals surface area contributed by atoms with E-state index >= 15 is 0 Å². The number of aliphatic hydroxyl groups is 1. The number of methoxy groups -OCH3 is 1. The third kappa shape index (κ3) is 6.07. The second kappa shape index (κ2) is 7.81. The van der Waals surface area contributed by atoms with Crippen LogP contribution >= 0.6 is 0 Å². The molecule has 6 nitrogen and oxygen atoms in total. The fourth-order valence-electron chi connectivity index (χ4n) is 2.28. The molecule has 0 saturated carbocycles. The lowest BCUT2D eigenvalue weighted by Gasteiger charge is -2.29. The molecule has 0 aliphatic carbocycles. The summed E-state index contributed by atoms with van der Waals surface area (Å²) in [6.07, 6.45) is 1.19. The molecule has 1 rings (SSSR count). The second-order valence-electron chi connectivity index (χ2n) is 6.24. The smallest absolute Gasteiger partial charge is 0.410 e. The lowest BCUT2D eigenvalue weighted by Crippen LogP contribution is -2.45. The minimum atomic E-state index is -0.517. The molecule has 1 heterocycles. The van der Waals surface area contributed by atoms with Crippen molar-refractivity contribution in [2.75, 3.05) is 33.4 Å². The molecule has 0 bridgehead atoms. The van der Waals surface area contributed by atoms with Crippen molar-refractivity contribution in [1.29, 1.82) is 0 Å². The van der Waals surface area contributed by atoms with Gasteiger partial charge in [0.15, 0.2) is 0 Å². The van der Waals surface area contributed by atoms with E-state index < -0.39 is 11.7 Å². The maximum atomic E-state index is 12.1. The fraction of sp³-hybridized carbons (Fsp3) is 0.929. The van der Waals surface area contributed by atoms with Crippen molar-refractivity contribution >= 4 is 6.09 Å². The summed E-state index contributed by atoms with van der Waals surface area (Å²) in [7, 11) is 1.56. The largest absolute Gasteiger partial charge is 0.444 e. The molecule has 2 unspecified atom stereocenters. The molecule has 1 saturated heterocycles. The van der Waals surface area contributed by atoms with Gasteiger partial charge in [0.2, 0.25) is 0 Å². The third-order valence-electron chi connectivity index (χ3n) is 3.12. The number of carbonyl (C=O) groups is 1. The topological polar surface area (TPSA) is 71.0 Å². The Labute approximate surface area is 121 Å². The number of ether oxygens (including phenoxy) is 2. The summed E-state index contributed by atoms with van der Waals surface area (Å²) < 4.78 is 10.3. The summed E-state index contributed by atoms with van der Waals surface area (Å²) >= 11 is 0. The molecule has 0 spiro atoms. The Hall–Kier alpha value is -0.850. The lowest BCUT2D eigenvalue weighted by atomic mass is 10.2. The average Bonchev–Trinajstić information content (AvgIpc) is 2.75. The molecule has 1 fully saturated rings. The van der Waals surface area contributed by atoms with Crippen molar-refractivity contribution in [1.82, 2.24) is 10.2 Å². The highest BCUT2D eigenvalue weighted by Crippen LogP contribution is 2.20. The Bertz CT molecular complexity index is 304. The molecule has 20 heavy (non-hydrogen) atoms. The van der Waals surface area contributed by atoms with E-state index in [0.29, 0.717) is 19.7 Å². The van der Waals surface area contributed by atoms with Crippen LogP contribution in [-0.4, -0.2) is 67.2 Å². The minimum absolute atomic E-state index is 0.139. The van der Waals surface area contributed by atoms with Crippen LogP contribution in [0.1, 0.15) is 33.6 Å². The summed E-state index contributed by atoms with van der Waals surface area (Å²) in [4.78, 5) is 13.9. The zero-order valence-corrected chi connectivity index (χ0v) is 13.0. The van der Waals surface area contributed by atoms with Gasteiger partial charge in [0.1, 0.15) is 5.60 Å². The van der Waals surface area contributed by atoms with Crippen molar-refractivity contribution < 1.29 is 19.4 Å². The summed E-state index contributed by atoms with van der Waals surface area (Å²) in [5, 5.41) is 12.7. The van der Waals surface area contributed by atoms with Gasteiger partial charge in [0.05, 0.1) is 12.7 Å². The van der Waals surface area contributed by atoms with Crippen LogP contribution in [0, 0.1) is 0 Å². The van der Waals surface area contributed by atoms with Gasteiger partial charge < -0.3 is 24.8 Å². The number of rotatable bonds is 6. The molecule has 2 atom stereocenters. The van der Waals surface area contributed by atoms with Gasteiger partial charge in [0, 0.05) is 32.8 Å². The zero-order valence-electron chi connectivity index (χ0n) is 13.0. The molecule has 0 aromatic carbocycles. The van der Waals surface area contributed by atoms with Crippen LogP contribution in [0.2, 0.25) is 0 Å². The number of nitrogens with one attached hydrogen (secondary N) is 1. The SMILES string of the molecule is COCC(O)CNCC1CCCN1C(=O)OC(C)(C)C.